The van der Waals surface area contributed by atoms with Crippen molar-refractivity contribution >= 4 is 56.5 Å². The van der Waals surface area contributed by atoms with Crippen LogP contribution in [0.2, 0.25) is 5.02 Å². The number of aryl methyl sites for hydroxylation is 1. The molecule has 6 nitrogen and oxygen atoms in total. The molecule has 0 aliphatic rings. The van der Waals surface area contributed by atoms with Gasteiger partial charge in [0.2, 0.25) is 5.91 Å². The van der Waals surface area contributed by atoms with E-state index in [1.54, 1.807) is 17.4 Å². The summed E-state index contributed by atoms with van der Waals surface area (Å²) in [5.41, 5.74) is 3.74. The zero-order valence-corrected chi connectivity index (χ0v) is 17.9. The molecule has 4 rings (SSSR count). The Bertz CT molecular complexity index is 1310. The minimum atomic E-state index is -0.559. The molecular formula is C23H16ClN3O3S. The fourth-order valence-corrected chi connectivity index (χ4v) is 4.15. The molecule has 0 saturated heterocycles. The normalized spacial score (nSPS) is 11.2. The van der Waals surface area contributed by atoms with Gasteiger partial charge in [-0.2, -0.15) is 0 Å². The number of hydrogen-bond acceptors (Lipinski definition) is 5. The molecule has 154 valence electrons. The second kappa shape index (κ2) is 8.67. The van der Waals surface area contributed by atoms with E-state index in [1.807, 2.05) is 49.4 Å². The van der Waals surface area contributed by atoms with Gasteiger partial charge in [0, 0.05) is 23.4 Å². The quantitative estimate of drug-likeness (QED) is 0.214. The summed E-state index contributed by atoms with van der Waals surface area (Å²) in [6, 6.07) is 18.1. The molecule has 0 spiro atoms. The van der Waals surface area contributed by atoms with Crippen LogP contribution in [0.3, 0.4) is 0 Å². The highest BCUT2D eigenvalue weighted by Crippen LogP contribution is 2.32. The van der Waals surface area contributed by atoms with Crippen LogP contribution in [0.4, 0.5) is 11.4 Å². The number of thiazole rings is 1. The largest absolute Gasteiger partial charge is 0.322 e. The number of halogens is 1. The topological polar surface area (TPSA) is 85.1 Å². The molecule has 1 N–H and O–H groups in total. The van der Waals surface area contributed by atoms with Crippen molar-refractivity contribution in [2.45, 2.75) is 6.92 Å². The summed E-state index contributed by atoms with van der Waals surface area (Å²) >= 11 is 7.41. The molecule has 31 heavy (non-hydrogen) atoms. The van der Waals surface area contributed by atoms with Gasteiger partial charge in [-0.25, -0.2) is 4.98 Å². The second-order valence-corrected chi connectivity index (χ2v) is 8.24. The Balaban J connectivity index is 1.54. The average molecular weight is 450 g/mol. The van der Waals surface area contributed by atoms with Gasteiger partial charge in [0.15, 0.2) is 0 Å². The van der Waals surface area contributed by atoms with Gasteiger partial charge in [-0.15, -0.1) is 11.3 Å². The Morgan fingerprint density at radius 1 is 1.16 bits per heavy atom. The number of hydrogen-bond donors (Lipinski definition) is 1. The van der Waals surface area contributed by atoms with Gasteiger partial charge in [0.1, 0.15) is 10.0 Å². The Kier molecular flexibility index (Phi) is 5.79. The molecule has 0 aliphatic heterocycles. The van der Waals surface area contributed by atoms with Gasteiger partial charge in [-0.05, 0) is 48.4 Å². The number of amides is 1. The smallest absolute Gasteiger partial charge is 0.288 e. The standard InChI is InChI=1S/C23H16ClN3O3S/c1-14-6-9-16(23-26-18-4-2-3-5-21(18)31-23)13-19(14)25-22(28)11-8-15-7-10-17(24)20(12-15)27(29)30/h2-13H,1H3,(H,25,28). The van der Waals surface area contributed by atoms with E-state index in [1.165, 1.54) is 24.3 Å². The van der Waals surface area contributed by atoms with Gasteiger partial charge < -0.3 is 5.32 Å². The number of anilines is 1. The molecule has 0 fully saturated rings. The fourth-order valence-electron chi connectivity index (χ4n) is 3.00. The third kappa shape index (κ3) is 4.63. The van der Waals surface area contributed by atoms with Gasteiger partial charge in [-0.1, -0.05) is 41.9 Å². The van der Waals surface area contributed by atoms with E-state index in [2.05, 4.69) is 10.3 Å². The molecule has 3 aromatic carbocycles. The van der Waals surface area contributed by atoms with E-state index in [0.29, 0.717) is 11.3 Å². The molecule has 4 aromatic rings. The highest BCUT2D eigenvalue weighted by molar-refractivity contribution is 7.21. The Morgan fingerprint density at radius 3 is 2.74 bits per heavy atom. The lowest BCUT2D eigenvalue weighted by Crippen LogP contribution is -2.09. The summed E-state index contributed by atoms with van der Waals surface area (Å²) in [4.78, 5) is 27.6. The minimum Gasteiger partial charge on any atom is -0.322 e. The van der Waals surface area contributed by atoms with Crippen molar-refractivity contribution in [2.75, 3.05) is 5.32 Å². The van der Waals surface area contributed by atoms with E-state index < -0.39 is 4.92 Å². The van der Waals surface area contributed by atoms with Crippen LogP contribution in [-0.4, -0.2) is 15.8 Å². The maximum Gasteiger partial charge on any atom is 0.288 e. The second-order valence-electron chi connectivity index (χ2n) is 6.81. The minimum absolute atomic E-state index is 0.0499. The lowest BCUT2D eigenvalue weighted by Gasteiger charge is -2.08. The molecule has 0 unspecified atom stereocenters. The maximum absolute atomic E-state index is 12.4. The summed E-state index contributed by atoms with van der Waals surface area (Å²) in [5, 5.41) is 14.8. The van der Waals surface area contributed by atoms with Crippen LogP contribution in [0, 0.1) is 17.0 Å². The van der Waals surface area contributed by atoms with E-state index in [9.17, 15) is 14.9 Å². The highest BCUT2D eigenvalue weighted by atomic mass is 35.5. The van der Waals surface area contributed by atoms with Crippen LogP contribution in [0.1, 0.15) is 11.1 Å². The summed E-state index contributed by atoms with van der Waals surface area (Å²) in [5.74, 6) is -0.345. The summed E-state index contributed by atoms with van der Waals surface area (Å²) in [6.07, 6.45) is 2.84. The first-order chi connectivity index (χ1) is 14.9. The molecule has 1 amide bonds. The summed E-state index contributed by atoms with van der Waals surface area (Å²) in [6.45, 7) is 1.91. The zero-order valence-electron chi connectivity index (χ0n) is 16.3. The molecule has 0 atom stereocenters. The number of nitro groups is 1. The van der Waals surface area contributed by atoms with Crippen molar-refractivity contribution in [3.63, 3.8) is 0 Å². The van der Waals surface area contributed by atoms with Gasteiger partial charge in [0.05, 0.1) is 15.1 Å². The van der Waals surface area contributed by atoms with Crippen molar-refractivity contribution in [3.05, 3.63) is 93.0 Å². The summed E-state index contributed by atoms with van der Waals surface area (Å²) < 4.78 is 1.10. The fraction of sp³-hybridized carbons (Fsp3) is 0.0435. The maximum atomic E-state index is 12.4. The van der Waals surface area contributed by atoms with Crippen LogP contribution >= 0.6 is 22.9 Å². The SMILES string of the molecule is Cc1ccc(-c2nc3ccccc3s2)cc1NC(=O)C=Cc1ccc(Cl)c([N+](=O)[O-])c1. The Labute approximate surface area is 187 Å². The first-order valence-corrected chi connectivity index (χ1v) is 10.5. The number of benzene rings is 3. The number of carbonyl (C=O) groups is 1. The molecule has 0 radical (unpaired) electrons. The van der Waals surface area contributed by atoms with Crippen molar-refractivity contribution < 1.29 is 9.72 Å². The number of aromatic nitrogens is 1. The van der Waals surface area contributed by atoms with Crippen LogP contribution in [-0.2, 0) is 4.79 Å². The first-order valence-electron chi connectivity index (χ1n) is 9.30. The van der Waals surface area contributed by atoms with E-state index in [4.69, 9.17) is 11.6 Å². The van der Waals surface area contributed by atoms with Crippen molar-refractivity contribution in [2.24, 2.45) is 0 Å². The third-order valence-corrected chi connectivity index (χ3v) is 6.04. The summed E-state index contributed by atoms with van der Waals surface area (Å²) in [7, 11) is 0. The molecule has 1 heterocycles. The van der Waals surface area contributed by atoms with Crippen molar-refractivity contribution in [1.82, 2.24) is 4.98 Å². The molecular weight excluding hydrogens is 434 g/mol. The monoisotopic (exact) mass is 449 g/mol. The lowest BCUT2D eigenvalue weighted by atomic mass is 10.1. The Hall–Kier alpha value is -3.55. The predicted molar refractivity (Wildman–Crippen MR) is 126 cm³/mol. The predicted octanol–water partition coefficient (Wildman–Crippen LogP) is 6.49. The van der Waals surface area contributed by atoms with Crippen LogP contribution in [0.5, 0.6) is 0 Å². The zero-order chi connectivity index (χ0) is 22.0. The number of rotatable bonds is 5. The first kappa shape index (κ1) is 20.7. The van der Waals surface area contributed by atoms with Gasteiger partial charge in [-0.3, -0.25) is 14.9 Å². The molecule has 0 saturated carbocycles. The Morgan fingerprint density at radius 2 is 1.97 bits per heavy atom. The molecule has 8 heteroatoms. The van der Waals surface area contributed by atoms with E-state index >= 15 is 0 Å². The molecule has 0 aliphatic carbocycles. The number of para-hydroxylation sites is 1. The lowest BCUT2D eigenvalue weighted by molar-refractivity contribution is -0.384. The van der Waals surface area contributed by atoms with Crippen LogP contribution < -0.4 is 5.32 Å². The van der Waals surface area contributed by atoms with Gasteiger partial charge >= 0.3 is 0 Å². The van der Waals surface area contributed by atoms with Crippen molar-refractivity contribution in [1.29, 1.82) is 0 Å². The number of nitrogens with one attached hydrogen (secondary N) is 1. The van der Waals surface area contributed by atoms with Crippen molar-refractivity contribution in [3.8, 4) is 10.6 Å². The molecule has 1 aromatic heterocycles. The number of nitro benzene ring substituents is 1. The van der Waals surface area contributed by atoms with E-state index in [0.717, 1.165) is 26.4 Å². The third-order valence-electron chi connectivity index (χ3n) is 4.63. The average Bonchev–Trinajstić information content (AvgIpc) is 3.19. The van der Waals surface area contributed by atoms with Crippen LogP contribution in [0.15, 0.2) is 66.7 Å². The number of carbonyl (C=O) groups excluding carboxylic acids is 1. The number of fused-ring (bicyclic) bond motifs is 1. The molecule has 0 bridgehead atoms. The van der Waals surface area contributed by atoms with E-state index in [-0.39, 0.29) is 16.6 Å². The van der Waals surface area contributed by atoms with Gasteiger partial charge in [0.25, 0.3) is 5.69 Å². The number of nitrogens with zero attached hydrogens (tertiary/aromatic N) is 2. The van der Waals surface area contributed by atoms with Crippen LogP contribution in [0.25, 0.3) is 26.9 Å². The highest BCUT2D eigenvalue weighted by Gasteiger charge is 2.12.